The Morgan fingerprint density at radius 3 is 2.70 bits per heavy atom. The van der Waals surface area contributed by atoms with Crippen LogP contribution in [0.4, 0.5) is 20.4 Å². The van der Waals surface area contributed by atoms with E-state index in [1.165, 1.54) is 6.07 Å². The summed E-state index contributed by atoms with van der Waals surface area (Å²) in [7, 11) is 3.20. The molecule has 1 aromatic heterocycles. The topological polar surface area (TPSA) is 59.5 Å². The first-order valence-corrected chi connectivity index (χ1v) is 9.56. The zero-order valence-corrected chi connectivity index (χ0v) is 16.8. The van der Waals surface area contributed by atoms with Gasteiger partial charge in [-0.1, -0.05) is 6.07 Å². The molecular weight excluding hydrogens is 390 g/mol. The first kappa shape index (κ1) is 20.0. The minimum Gasteiger partial charge on any atom is -0.497 e. The second-order valence-corrected chi connectivity index (χ2v) is 7.07. The van der Waals surface area contributed by atoms with E-state index in [2.05, 4.69) is 20.2 Å². The zero-order chi connectivity index (χ0) is 21.1. The van der Waals surface area contributed by atoms with Crippen molar-refractivity contribution in [2.75, 3.05) is 26.1 Å². The van der Waals surface area contributed by atoms with E-state index in [1.807, 2.05) is 18.2 Å². The van der Waals surface area contributed by atoms with Gasteiger partial charge >= 0.3 is 0 Å². The highest BCUT2D eigenvalue weighted by molar-refractivity contribution is 5.65. The number of anilines is 2. The van der Waals surface area contributed by atoms with Crippen LogP contribution in [0.1, 0.15) is 16.8 Å². The van der Waals surface area contributed by atoms with Gasteiger partial charge in [0.05, 0.1) is 25.6 Å². The van der Waals surface area contributed by atoms with Gasteiger partial charge in [0.25, 0.3) is 0 Å². The standard InChI is InChI=1S/C22H22F2N4O2/c1-29-16-4-6-21(30-2)20(10-16)27-22-25-11-15-13-28(8-7-19(15)26-22)12-14-3-5-17(23)18(24)9-14/h3-6,9-11H,7-8,12-13H2,1-2H3,(H,25,26,27). The Balaban J connectivity index is 1.47. The van der Waals surface area contributed by atoms with Crippen molar-refractivity contribution in [3.05, 3.63) is 71.1 Å². The number of hydrogen-bond donors (Lipinski definition) is 1. The molecule has 0 radical (unpaired) electrons. The lowest BCUT2D eigenvalue weighted by Crippen LogP contribution is -2.31. The number of methoxy groups -OCH3 is 2. The highest BCUT2D eigenvalue weighted by atomic mass is 19.2. The number of halogens is 2. The Bertz CT molecular complexity index is 1060. The van der Waals surface area contributed by atoms with Crippen LogP contribution < -0.4 is 14.8 Å². The van der Waals surface area contributed by atoms with Crippen molar-refractivity contribution in [1.29, 1.82) is 0 Å². The third-order valence-corrected chi connectivity index (χ3v) is 5.06. The molecule has 156 valence electrons. The molecule has 0 spiro atoms. The van der Waals surface area contributed by atoms with Crippen LogP contribution in [0, 0.1) is 11.6 Å². The molecule has 3 aromatic rings. The van der Waals surface area contributed by atoms with Crippen LogP contribution in [0.2, 0.25) is 0 Å². The van der Waals surface area contributed by atoms with Crippen molar-refractivity contribution >= 4 is 11.6 Å². The zero-order valence-electron chi connectivity index (χ0n) is 16.8. The van der Waals surface area contributed by atoms with Crippen LogP contribution in [0.5, 0.6) is 11.5 Å². The molecule has 0 aliphatic carbocycles. The van der Waals surface area contributed by atoms with Gasteiger partial charge in [0.2, 0.25) is 5.95 Å². The quantitative estimate of drug-likeness (QED) is 0.659. The fourth-order valence-electron chi connectivity index (χ4n) is 3.50. The summed E-state index contributed by atoms with van der Waals surface area (Å²) in [5, 5.41) is 3.19. The van der Waals surface area contributed by atoms with E-state index in [9.17, 15) is 8.78 Å². The predicted octanol–water partition coefficient (Wildman–Crippen LogP) is 4.07. The van der Waals surface area contributed by atoms with E-state index in [0.29, 0.717) is 36.2 Å². The number of fused-ring (bicyclic) bond motifs is 1. The van der Waals surface area contributed by atoms with Crippen molar-refractivity contribution < 1.29 is 18.3 Å². The highest BCUT2D eigenvalue weighted by Crippen LogP contribution is 2.31. The van der Waals surface area contributed by atoms with Crippen LogP contribution >= 0.6 is 0 Å². The van der Waals surface area contributed by atoms with Gasteiger partial charge in [0, 0.05) is 43.9 Å². The number of rotatable bonds is 6. The molecule has 8 heteroatoms. The van der Waals surface area contributed by atoms with Gasteiger partial charge in [-0.15, -0.1) is 0 Å². The van der Waals surface area contributed by atoms with Gasteiger partial charge in [-0.05, 0) is 29.8 Å². The SMILES string of the molecule is COc1ccc(OC)c(Nc2ncc3c(n2)CCN(Cc2ccc(F)c(F)c2)C3)c1. The largest absolute Gasteiger partial charge is 0.497 e. The summed E-state index contributed by atoms with van der Waals surface area (Å²) in [6, 6.07) is 9.48. The summed E-state index contributed by atoms with van der Waals surface area (Å²) in [4.78, 5) is 11.2. The molecule has 2 heterocycles. The van der Waals surface area contributed by atoms with E-state index in [1.54, 1.807) is 26.5 Å². The Hall–Kier alpha value is -3.26. The minimum atomic E-state index is -0.830. The Morgan fingerprint density at radius 2 is 1.93 bits per heavy atom. The molecule has 0 saturated heterocycles. The number of nitrogens with one attached hydrogen (secondary N) is 1. The van der Waals surface area contributed by atoms with E-state index < -0.39 is 11.6 Å². The van der Waals surface area contributed by atoms with Crippen molar-refractivity contribution in [2.45, 2.75) is 19.5 Å². The van der Waals surface area contributed by atoms with Crippen molar-refractivity contribution in [3.63, 3.8) is 0 Å². The van der Waals surface area contributed by atoms with Gasteiger partial charge in [0.1, 0.15) is 11.5 Å². The molecule has 0 unspecified atom stereocenters. The maximum absolute atomic E-state index is 13.5. The highest BCUT2D eigenvalue weighted by Gasteiger charge is 2.19. The molecule has 0 fully saturated rings. The van der Waals surface area contributed by atoms with E-state index >= 15 is 0 Å². The van der Waals surface area contributed by atoms with Crippen LogP contribution in [-0.4, -0.2) is 35.6 Å². The molecule has 2 aromatic carbocycles. The molecule has 1 N–H and O–H groups in total. The van der Waals surface area contributed by atoms with Gasteiger partial charge < -0.3 is 14.8 Å². The van der Waals surface area contributed by atoms with Gasteiger partial charge in [-0.25, -0.2) is 18.7 Å². The molecule has 0 amide bonds. The van der Waals surface area contributed by atoms with Crippen molar-refractivity contribution in [1.82, 2.24) is 14.9 Å². The van der Waals surface area contributed by atoms with Gasteiger partial charge in [-0.2, -0.15) is 0 Å². The second kappa shape index (κ2) is 8.62. The number of hydrogen-bond acceptors (Lipinski definition) is 6. The lowest BCUT2D eigenvalue weighted by atomic mass is 10.1. The van der Waals surface area contributed by atoms with Crippen LogP contribution in [0.3, 0.4) is 0 Å². The Labute approximate surface area is 173 Å². The molecule has 0 atom stereocenters. The second-order valence-electron chi connectivity index (χ2n) is 7.07. The third kappa shape index (κ3) is 4.33. The lowest BCUT2D eigenvalue weighted by Gasteiger charge is -2.28. The normalized spacial score (nSPS) is 13.6. The number of aromatic nitrogens is 2. The van der Waals surface area contributed by atoms with Gasteiger partial charge in [-0.3, -0.25) is 4.90 Å². The van der Waals surface area contributed by atoms with Crippen LogP contribution in [-0.2, 0) is 19.5 Å². The summed E-state index contributed by atoms with van der Waals surface area (Å²) in [6.07, 6.45) is 2.54. The van der Waals surface area contributed by atoms with E-state index in [4.69, 9.17) is 9.47 Å². The minimum absolute atomic E-state index is 0.481. The third-order valence-electron chi connectivity index (χ3n) is 5.06. The monoisotopic (exact) mass is 412 g/mol. The molecule has 30 heavy (non-hydrogen) atoms. The Morgan fingerprint density at radius 1 is 1.07 bits per heavy atom. The number of nitrogens with zero attached hydrogens (tertiary/aromatic N) is 3. The van der Waals surface area contributed by atoms with Gasteiger partial charge in [0.15, 0.2) is 11.6 Å². The molecule has 1 aliphatic rings. The number of ether oxygens (including phenoxy) is 2. The summed E-state index contributed by atoms with van der Waals surface area (Å²) >= 11 is 0. The average Bonchev–Trinajstić information content (AvgIpc) is 2.76. The first-order chi connectivity index (χ1) is 14.6. The van der Waals surface area contributed by atoms with Crippen molar-refractivity contribution in [3.8, 4) is 11.5 Å². The van der Waals surface area contributed by atoms with E-state index in [-0.39, 0.29) is 0 Å². The predicted molar refractivity (Wildman–Crippen MR) is 109 cm³/mol. The summed E-state index contributed by atoms with van der Waals surface area (Å²) in [5.41, 5.74) is 3.44. The molecule has 0 saturated carbocycles. The molecule has 4 rings (SSSR count). The molecule has 1 aliphatic heterocycles. The summed E-state index contributed by atoms with van der Waals surface area (Å²) in [5.74, 6) is 0.189. The smallest absolute Gasteiger partial charge is 0.227 e. The lowest BCUT2D eigenvalue weighted by molar-refractivity contribution is 0.242. The van der Waals surface area contributed by atoms with Crippen LogP contribution in [0.15, 0.2) is 42.6 Å². The fourth-order valence-corrected chi connectivity index (χ4v) is 3.50. The first-order valence-electron chi connectivity index (χ1n) is 9.56. The van der Waals surface area contributed by atoms with E-state index in [0.717, 1.165) is 35.9 Å². The molecular formula is C22H22F2N4O2. The Kier molecular flexibility index (Phi) is 5.76. The molecule has 0 bridgehead atoms. The number of benzene rings is 2. The summed E-state index contributed by atoms with van der Waals surface area (Å²) in [6.45, 7) is 1.96. The van der Waals surface area contributed by atoms with Crippen LogP contribution in [0.25, 0.3) is 0 Å². The summed E-state index contributed by atoms with van der Waals surface area (Å²) < 4.78 is 37.2. The average molecular weight is 412 g/mol. The molecule has 6 nitrogen and oxygen atoms in total. The fraction of sp³-hybridized carbons (Fsp3) is 0.273. The van der Waals surface area contributed by atoms with Crippen molar-refractivity contribution in [2.24, 2.45) is 0 Å². The maximum atomic E-state index is 13.5. The maximum Gasteiger partial charge on any atom is 0.227 e.